The van der Waals surface area contributed by atoms with Gasteiger partial charge in [0.2, 0.25) is 0 Å². The maximum absolute atomic E-state index is 6.64. The molecule has 3 heteroatoms. The number of hydrogen-bond donors (Lipinski definition) is 0. The van der Waals surface area contributed by atoms with Gasteiger partial charge in [0.1, 0.15) is 24.4 Å². The van der Waals surface area contributed by atoms with Gasteiger partial charge in [0.05, 0.1) is 13.2 Å². The Balaban J connectivity index is 1.65. The van der Waals surface area contributed by atoms with Crippen LogP contribution in [0.4, 0.5) is 0 Å². The predicted molar refractivity (Wildman–Crippen MR) is 97.9 cm³/mol. The molecule has 2 fully saturated rings. The van der Waals surface area contributed by atoms with Crippen molar-refractivity contribution in [3.8, 4) is 0 Å². The van der Waals surface area contributed by atoms with Crippen molar-refractivity contribution in [3.63, 3.8) is 0 Å². The average Bonchev–Trinajstić information content (AvgIpc) is 3.40. The van der Waals surface area contributed by atoms with Gasteiger partial charge in [-0.2, -0.15) is 0 Å². The Labute approximate surface area is 149 Å². The van der Waals surface area contributed by atoms with Gasteiger partial charge < -0.3 is 14.2 Å². The monoisotopic (exact) mass is 338 g/mol. The Morgan fingerprint density at radius 2 is 1.00 bits per heavy atom. The molecule has 0 aliphatic carbocycles. The molecule has 0 saturated carbocycles. The number of benzene rings is 2. The molecule has 132 valence electrons. The van der Waals surface area contributed by atoms with Crippen molar-refractivity contribution in [1.29, 1.82) is 0 Å². The van der Waals surface area contributed by atoms with E-state index in [4.69, 9.17) is 14.2 Å². The zero-order chi connectivity index (χ0) is 17.6. The quantitative estimate of drug-likeness (QED) is 0.727. The van der Waals surface area contributed by atoms with E-state index >= 15 is 0 Å². The SMILES string of the molecule is Cc1cc(C)cc(C(OC(c2cc(C)cc(C)c2)C2CO2)C2CO2)c1. The molecule has 0 amide bonds. The Hall–Kier alpha value is -1.68. The van der Waals surface area contributed by atoms with Gasteiger partial charge in [-0.05, 0) is 38.8 Å². The second-order valence-electron chi connectivity index (χ2n) is 7.56. The van der Waals surface area contributed by atoms with Gasteiger partial charge in [0.15, 0.2) is 0 Å². The van der Waals surface area contributed by atoms with E-state index in [1.807, 2.05) is 0 Å². The Morgan fingerprint density at radius 3 is 1.28 bits per heavy atom. The van der Waals surface area contributed by atoms with Crippen LogP contribution in [0.25, 0.3) is 0 Å². The highest BCUT2D eigenvalue weighted by Crippen LogP contribution is 2.41. The fraction of sp³-hybridized carbons (Fsp3) is 0.455. The van der Waals surface area contributed by atoms with Crippen LogP contribution >= 0.6 is 0 Å². The highest BCUT2D eigenvalue weighted by Gasteiger charge is 2.42. The molecule has 25 heavy (non-hydrogen) atoms. The summed E-state index contributed by atoms with van der Waals surface area (Å²) < 4.78 is 17.9. The number of ether oxygens (including phenoxy) is 3. The second-order valence-corrected chi connectivity index (χ2v) is 7.56. The number of epoxide rings is 2. The molecule has 0 radical (unpaired) electrons. The summed E-state index contributed by atoms with van der Waals surface area (Å²) in [6, 6.07) is 13.2. The van der Waals surface area contributed by atoms with Crippen molar-refractivity contribution >= 4 is 0 Å². The van der Waals surface area contributed by atoms with E-state index in [9.17, 15) is 0 Å². The number of hydrogen-bond acceptors (Lipinski definition) is 3. The van der Waals surface area contributed by atoms with Crippen molar-refractivity contribution in [3.05, 3.63) is 69.8 Å². The number of rotatable bonds is 6. The molecular formula is C22H26O3. The third-order valence-electron chi connectivity index (χ3n) is 4.83. The molecule has 0 spiro atoms. The second kappa shape index (κ2) is 6.56. The molecule has 0 aromatic heterocycles. The average molecular weight is 338 g/mol. The van der Waals surface area contributed by atoms with Gasteiger partial charge in [-0.3, -0.25) is 0 Å². The molecule has 4 rings (SSSR count). The lowest BCUT2D eigenvalue weighted by molar-refractivity contribution is -0.0419. The first-order chi connectivity index (χ1) is 12.0. The van der Waals surface area contributed by atoms with E-state index < -0.39 is 0 Å². The lowest BCUT2D eigenvalue weighted by Crippen LogP contribution is -2.19. The third-order valence-corrected chi connectivity index (χ3v) is 4.83. The summed E-state index contributed by atoms with van der Waals surface area (Å²) in [6.07, 6.45) is 0.198. The Morgan fingerprint density at radius 1 is 0.680 bits per heavy atom. The standard InChI is InChI=1S/C22H26O3/c1-13-5-14(2)8-17(7-13)21(19-11-23-19)25-22(20-12-24-20)18-9-15(3)6-16(4)10-18/h5-10,19-22H,11-12H2,1-4H3. The summed E-state index contributed by atoms with van der Waals surface area (Å²) in [7, 11) is 0. The van der Waals surface area contributed by atoms with Crippen molar-refractivity contribution in [2.45, 2.75) is 52.1 Å². The van der Waals surface area contributed by atoms with Crippen molar-refractivity contribution < 1.29 is 14.2 Å². The van der Waals surface area contributed by atoms with Crippen LogP contribution < -0.4 is 0 Å². The van der Waals surface area contributed by atoms with E-state index in [1.165, 1.54) is 33.4 Å². The van der Waals surface area contributed by atoms with E-state index in [0.717, 1.165) is 13.2 Å². The normalized spacial score (nSPS) is 24.0. The van der Waals surface area contributed by atoms with Crippen molar-refractivity contribution in [2.75, 3.05) is 13.2 Å². The highest BCUT2D eigenvalue weighted by molar-refractivity contribution is 5.33. The lowest BCUT2D eigenvalue weighted by Gasteiger charge is -2.25. The van der Waals surface area contributed by atoms with Gasteiger partial charge in [-0.1, -0.05) is 58.7 Å². The number of aryl methyl sites for hydroxylation is 4. The summed E-state index contributed by atoms with van der Waals surface area (Å²) in [4.78, 5) is 0. The minimum Gasteiger partial charge on any atom is -0.370 e. The molecule has 0 N–H and O–H groups in total. The zero-order valence-corrected chi connectivity index (χ0v) is 15.4. The van der Waals surface area contributed by atoms with Gasteiger partial charge in [-0.15, -0.1) is 0 Å². The summed E-state index contributed by atoms with van der Waals surface area (Å²) in [6.45, 7) is 10.1. The van der Waals surface area contributed by atoms with Crippen LogP contribution in [0.5, 0.6) is 0 Å². The fourth-order valence-corrected chi connectivity index (χ4v) is 3.73. The van der Waals surface area contributed by atoms with Crippen LogP contribution in [0.15, 0.2) is 36.4 Å². The zero-order valence-electron chi connectivity index (χ0n) is 15.4. The first-order valence-corrected chi connectivity index (χ1v) is 9.04. The highest BCUT2D eigenvalue weighted by atomic mass is 16.6. The van der Waals surface area contributed by atoms with Gasteiger partial charge in [-0.25, -0.2) is 0 Å². The lowest BCUT2D eigenvalue weighted by atomic mass is 9.98. The third kappa shape index (κ3) is 3.95. The molecule has 4 atom stereocenters. The van der Waals surface area contributed by atoms with Crippen LogP contribution in [0.1, 0.15) is 45.6 Å². The molecule has 3 nitrogen and oxygen atoms in total. The molecule has 2 aromatic carbocycles. The maximum atomic E-state index is 6.64. The van der Waals surface area contributed by atoms with E-state index in [-0.39, 0.29) is 24.4 Å². The first-order valence-electron chi connectivity index (χ1n) is 9.04. The Bertz CT molecular complexity index is 669. The molecular weight excluding hydrogens is 312 g/mol. The molecule has 2 saturated heterocycles. The van der Waals surface area contributed by atoms with Gasteiger partial charge >= 0.3 is 0 Å². The summed E-state index contributed by atoms with van der Waals surface area (Å²) in [5, 5.41) is 0. The van der Waals surface area contributed by atoms with Crippen LogP contribution in [0.2, 0.25) is 0 Å². The van der Waals surface area contributed by atoms with Crippen molar-refractivity contribution in [2.24, 2.45) is 0 Å². The minimum absolute atomic E-state index is 0.0476. The van der Waals surface area contributed by atoms with E-state index in [1.54, 1.807) is 0 Å². The Kier molecular flexibility index (Phi) is 4.40. The maximum Gasteiger partial charge on any atom is 0.112 e. The summed E-state index contributed by atoms with van der Waals surface area (Å²) in [5.41, 5.74) is 7.44. The molecule has 2 heterocycles. The van der Waals surface area contributed by atoms with E-state index in [2.05, 4.69) is 64.1 Å². The molecule has 0 bridgehead atoms. The minimum atomic E-state index is -0.0476. The van der Waals surface area contributed by atoms with Crippen LogP contribution in [-0.4, -0.2) is 25.4 Å². The fourth-order valence-electron chi connectivity index (χ4n) is 3.73. The molecule has 4 unspecified atom stereocenters. The van der Waals surface area contributed by atoms with Crippen LogP contribution in [0, 0.1) is 27.7 Å². The molecule has 2 aromatic rings. The van der Waals surface area contributed by atoms with E-state index in [0.29, 0.717) is 0 Å². The summed E-state index contributed by atoms with van der Waals surface area (Å²) >= 11 is 0. The topological polar surface area (TPSA) is 34.3 Å². The van der Waals surface area contributed by atoms with Crippen molar-refractivity contribution in [1.82, 2.24) is 0 Å². The molecule has 2 aliphatic rings. The van der Waals surface area contributed by atoms with Crippen LogP contribution in [-0.2, 0) is 14.2 Å². The molecule has 2 aliphatic heterocycles. The summed E-state index contributed by atoms with van der Waals surface area (Å²) in [5.74, 6) is 0. The smallest absolute Gasteiger partial charge is 0.112 e. The largest absolute Gasteiger partial charge is 0.370 e. The van der Waals surface area contributed by atoms with Gasteiger partial charge in [0.25, 0.3) is 0 Å². The first kappa shape index (κ1) is 16.8. The van der Waals surface area contributed by atoms with Gasteiger partial charge in [0, 0.05) is 0 Å². The predicted octanol–water partition coefficient (Wildman–Crippen LogP) is 4.52. The van der Waals surface area contributed by atoms with Crippen LogP contribution in [0.3, 0.4) is 0 Å².